The zero-order valence-electron chi connectivity index (χ0n) is 9.97. The lowest BCUT2D eigenvalue weighted by Gasteiger charge is -2.13. The highest BCUT2D eigenvalue weighted by atomic mass is 35.5. The van der Waals surface area contributed by atoms with E-state index < -0.39 is 10.0 Å². The molecule has 0 fully saturated rings. The van der Waals surface area contributed by atoms with Crippen molar-refractivity contribution in [3.8, 4) is 0 Å². The summed E-state index contributed by atoms with van der Waals surface area (Å²) >= 11 is 7.17. The van der Waals surface area contributed by atoms with E-state index in [1.165, 1.54) is 11.3 Å². The molecule has 100 valence electrons. The Hall–Kier alpha value is -0.880. The number of sulfonamides is 1. The van der Waals surface area contributed by atoms with Gasteiger partial charge in [-0.15, -0.1) is 11.3 Å². The van der Waals surface area contributed by atoms with Gasteiger partial charge in [0.25, 0.3) is 10.0 Å². The van der Waals surface area contributed by atoms with Gasteiger partial charge in [-0.1, -0.05) is 23.7 Å². The van der Waals surface area contributed by atoms with Crippen molar-refractivity contribution in [1.29, 1.82) is 0 Å². The molecule has 0 amide bonds. The molecule has 3 nitrogen and oxygen atoms in total. The predicted octanol–water partition coefficient (Wildman–Crippen LogP) is 3.37. The number of thiophene rings is 1. The molecule has 0 saturated carbocycles. The number of hydrogen-bond acceptors (Lipinski definition) is 3. The highest BCUT2D eigenvalue weighted by Gasteiger charge is 2.27. The number of nitrogens with one attached hydrogen (secondary N) is 1. The molecule has 0 bridgehead atoms. The van der Waals surface area contributed by atoms with Gasteiger partial charge in [0.05, 0.1) is 0 Å². The van der Waals surface area contributed by atoms with E-state index >= 15 is 0 Å². The van der Waals surface area contributed by atoms with Crippen LogP contribution in [-0.4, -0.2) is 8.42 Å². The SMILES string of the molecule is O=S(=O)(NC1CCc2cc(Cl)ccc21)c1cccs1. The van der Waals surface area contributed by atoms with E-state index in [1.807, 2.05) is 12.1 Å². The summed E-state index contributed by atoms with van der Waals surface area (Å²) in [6.45, 7) is 0. The van der Waals surface area contributed by atoms with E-state index in [0.29, 0.717) is 9.23 Å². The average Bonchev–Trinajstić information content (AvgIpc) is 2.98. The van der Waals surface area contributed by atoms with Gasteiger partial charge in [0, 0.05) is 11.1 Å². The number of rotatable bonds is 3. The predicted molar refractivity (Wildman–Crippen MR) is 77.2 cm³/mol. The summed E-state index contributed by atoms with van der Waals surface area (Å²) in [6, 6.07) is 8.83. The largest absolute Gasteiger partial charge is 0.250 e. The molecule has 1 atom stereocenters. The second-order valence-corrected chi connectivity index (χ2v) is 7.81. The van der Waals surface area contributed by atoms with Gasteiger partial charge in [0.1, 0.15) is 4.21 Å². The van der Waals surface area contributed by atoms with Gasteiger partial charge in [-0.05, 0) is 47.5 Å². The first-order valence-corrected chi connectivity index (χ1v) is 8.64. The Morgan fingerprint density at radius 3 is 2.89 bits per heavy atom. The van der Waals surface area contributed by atoms with E-state index in [9.17, 15) is 8.42 Å². The lowest BCUT2D eigenvalue weighted by atomic mass is 10.1. The first kappa shape index (κ1) is 13.1. The maximum Gasteiger partial charge on any atom is 0.250 e. The molecule has 1 aliphatic carbocycles. The van der Waals surface area contributed by atoms with Crippen LogP contribution in [0.2, 0.25) is 5.02 Å². The monoisotopic (exact) mass is 313 g/mol. The summed E-state index contributed by atoms with van der Waals surface area (Å²) in [4.78, 5) is 0. The smallest absolute Gasteiger partial charge is 0.206 e. The topological polar surface area (TPSA) is 46.2 Å². The van der Waals surface area contributed by atoms with E-state index in [1.54, 1.807) is 23.6 Å². The van der Waals surface area contributed by atoms with E-state index in [0.717, 1.165) is 24.0 Å². The molecule has 0 aliphatic heterocycles. The van der Waals surface area contributed by atoms with Gasteiger partial charge in [-0.25, -0.2) is 13.1 Å². The van der Waals surface area contributed by atoms with Crippen molar-refractivity contribution in [3.05, 3.63) is 51.9 Å². The normalized spacial score (nSPS) is 18.5. The van der Waals surface area contributed by atoms with E-state index in [2.05, 4.69) is 4.72 Å². The highest BCUT2D eigenvalue weighted by molar-refractivity contribution is 7.91. The van der Waals surface area contributed by atoms with Crippen molar-refractivity contribution in [1.82, 2.24) is 4.72 Å². The number of fused-ring (bicyclic) bond motifs is 1. The van der Waals surface area contributed by atoms with Gasteiger partial charge in [0.15, 0.2) is 0 Å². The Kier molecular flexibility index (Phi) is 3.39. The van der Waals surface area contributed by atoms with Gasteiger partial charge >= 0.3 is 0 Å². The van der Waals surface area contributed by atoms with Crippen molar-refractivity contribution in [3.63, 3.8) is 0 Å². The Morgan fingerprint density at radius 2 is 2.16 bits per heavy atom. The molecule has 19 heavy (non-hydrogen) atoms. The number of aryl methyl sites for hydroxylation is 1. The quantitative estimate of drug-likeness (QED) is 0.944. The third-order valence-electron chi connectivity index (χ3n) is 3.24. The minimum absolute atomic E-state index is 0.153. The molecule has 2 aromatic rings. The Morgan fingerprint density at radius 1 is 1.32 bits per heavy atom. The lowest BCUT2D eigenvalue weighted by molar-refractivity contribution is 0.556. The molecule has 0 saturated heterocycles. The summed E-state index contributed by atoms with van der Waals surface area (Å²) in [5, 5.41) is 2.46. The Bertz CT molecular complexity index is 695. The van der Waals surface area contributed by atoms with Crippen molar-refractivity contribution in [2.45, 2.75) is 23.1 Å². The van der Waals surface area contributed by atoms with Crippen LogP contribution in [0.15, 0.2) is 39.9 Å². The zero-order chi connectivity index (χ0) is 13.5. The standard InChI is InChI=1S/C13H12ClNO2S2/c14-10-4-5-11-9(8-10)3-6-12(11)15-19(16,17)13-2-1-7-18-13/h1-2,4-5,7-8,12,15H,3,6H2. The molecule has 6 heteroatoms. The van der Waals surface area contributed by atoms with Crippen molar-refractivity contribution in [2.75, 3.05) is 0 Å². The fraction of sp³-hybridized carbons (Fsp3) is 0.231. The minimum Gasteiger partial charge on any atom is -0.206 e. The molecule has 1 aromatic carbocycles. The number of benzene rings is 1. The fourth-order valence-electron chi connectivity index (χ4n) is 2.37. The Balaban J connectivity index is 1.88. The number of hydrogen-bond donors (Lipinski definition) is 1. The van der Waals surface area contributed by atoms with Gasteiger partial charge in [-0.2, -0.15) is 0 Å². The second-order valence-electron chi connectivity index (χ2n) is 4.49. The molecule has 1 aliphatic rings. The van der Waals surface area contributed by atoms with Crippen LogP contribution >= 0.6 is 22.9 Å². The van der Waals surface area contributed by atoms with Crippen LogP contribution in [-0.2, 0) is 16.4 Å². The second kappa shape index (κ2) is 4.90. The van der Waals surface area contributed by atoms with Gasteiger partial charge < -0.3 is 0 Å². The first-order valence-electron chi connectivity index (χ1n) is 5.90. The number of halogens is 1. The molecule has 1 N–H and O–H groups in total. The first-order chi connectivity index (χ1) is 9.06. The van der Waals surface area contributed by atoms with Crippen LogP contribution in [0.1, 0.15) is 23.6 Å². The third kappa shape index (κ3) is 2.56. The highest BCUT2D eigenvalue weighted by Crippen LogP contribution is 2.34. The average molecular weight is 314 g/mol. The van der Waals surface area contributed by atoms with Crippen molar-refractivity contribution in [2.24, 2.45) is 0 Å². The summed E-state index contributed by atoms with van der Waals surface area (Å²) in [5.41, 5.74) is 2.16. The zero-order valence-corrected chi connectivity index (χ0v) is 12.4. The van der Waals surface area contributed by atoms with Crippen LogP contribution in [0, 0.1) is 0 Å². The maximum atomic E-state index is 12.2. The lowest BCUT2D eigenvalue weighted by Crippen LogP contribution is -2.26. The summed E-state index contributed by atoms with van der Waals surface area (Å²) in [7, 11) is -3.42. The third-order valence-corrected chi connectivity index (χ3v) is 6.34. The summed E-state index contributed by atoms with van der Waals surface area (Å²) < 4.78 is 27.5. The molecule has 1 unspecified atom stereocenters. The molecule has 1 heterocycles. The van der Waals surface area contributed by atoms with Crippen molar-refractivity contribution >= 4 is 33.0 Å². The maximum absolute atomic E-state index is 12.2. The van der Waals surface area contributed by atoms with Gasteiger partial charge in [-0.3, -0.25) is 0 Å². The van der Waals surface area contributed by atoms with Crippen LogP contribution in [0.25, 0.3) is 0 Å². The van der Waals surface area contributed by atoms with Crippen LogP contribution in [0.3, 0.4) is 0 Å². The molecule has 0 spiro atoms. The molecule has 0 radical (unpaired) electrons. The Labute approximate surface area is 121 Å². The molecular formula is C13H12ClNO2S2. The van der Waals surface area contributed by atoms with E-state index in [4.69, 9.17) is 11.6 Å². The molecular weight excluding hydrogens is 302 g/mol. The van der Waals surface area contributed by atoms with Crippen LogP contribution in [0.4, 0.5) is 0 Å². The molecule has 1 aromatic heterocycles. The summed E-state index contributed by atoms with van der Waals surface area (Å²) in [6.07, 6.45) is 1.63. The van der Waals surface area contributed by atoms with Crippen LogP contribution < -0.4 is 4.72 Å². The summed E-state index contributed by atoms with van der Waals surface area (Å²) in [5.74, 6) is 0. The van der Waals surface area contributed by atoms with Crippen molar-refractivity contribution < 1.29 is 8.42 Å². The van der Waals surface area contributed by atoms with Crippen LogP contribution in [0.5, 0.6) is 0 Å². The fourth-order valence-corrected chi connectivity index (χ4v) is 4.82. The minimum atomic E-state index is -3.42. The van der Waals surface area contributed by atoms with Gasteiger partial charge in [0.2, 0.25) is 0 Å². The molecule has 3 rings (SSSR count). The van der Waals surface area contributed by atoms with E-state index in [-0.39, 0.29) is 6.04 Å².